The number of hydrogen-bond acceptors (Lipinski definition) is 2. The van der Waals surface area contributed by atoms with Crippen LogP contribution in [0.25, 0.3) is 5.57 Å². The molecule has 2 saturated heterocycles. The second-order valence-corrected chi connectivity index (χ2v) is 6.62. The summed E-state index contributed by atoms with van der Waals surface area (Å²) in [6, 6.07) is 3.59. The number of carbonyl (C=O) groups excluding carboxylic acids is 1. The van der Waals surface area contributed by atoms with Gasteiger partial charge in [0.2, 0.25) is 5.91 Å². The van der Waals surface area contributed by atoms with Crippen molar-refractivity contribution in [2.45, 2.75) is 25.3 Å². The van der Waals surface area contributed by atoms with Crippen LogP contribution in [0.1, 0.15) is 24.8 Å². The number of nitrogens with zero attached hydrogens (tertiary/aromatic N) is 2. The highest BCUT2D eigenvalue weighted by molar-refractivity contribution is 5.82. The molecule has 134 valence electrons. The molecule has 0 unspecified atom stereocenters. The molecule has 1 N–H and O–H groups in total. The van der Waals surface area contributed by atoms with Crippen LogP contribution >= 0.6 is 0 Å². The van der Waals surface area contributed by atoms with Gasteiger partial charge in [-0.05, 0) is 42.5 Å². The third kappa shape index (κ3) is 3.50. The lowest BCUT2D eigenvalue weighted by Gasteiger charge is -2.35. The van der Waals surface area contributed by atoms with E-state index < -0.39 is 17.7 Å². The molecule has 1 aromatic rings. The zero-order valence-corrected chi connectivity index (χ0v) is 13.8. The highest BCUT2D eigenvalue weighted by atomic mass is 19.2. The Labute approximate surface area is 144 Å². The second-order valence-electron chi connectivity index (χ2n) is 6.62. The average molecular weight is 350 g/mol. The van der Waals surface area contributed by atoms with E-state index in [0.29, 0.717) is 50.0 Å². The van der Waals surface area contributed by atoms with E-state index in [4.69, 9.17) is 5.11 Å². The maximum absolute atomic E-state index is 13.3. The van der Waals surface area contributed by atoms with Crippen LogP contribution in [-0.4, -0.2) is 52.6 Å². The lowest BCUT2D eigenvalue weighted by molar-refractivity contribution is -0.133. The number of benzene rings is 1. The number of amides is 2. The molecule has 0 saturated carbocycles. The highest BCUT2D eigenvalue weighted by Crippen LogP contribution is 2.33. The molecule has 0 radical (unpaired) electrons. The van der Waals surface area contributed by atoms with Crippen LogP contribution in [0.5, 0.6) is 0 Å². The van der Waals surface area contributed by atoms with Gasteiger partial charge in [0.1, 0.15) is 0 Å². The quantitative estimate of drug-likeness (QED) is 0.908. The Morgan fingerprint density at radius 1 is 1.28 bits per heavy atom. The molecule has 7 heteroatoms. The van der Waals surface area contributed by atoms with Crippen molar-refractivity contribution in [2.75, 3.05) is 19.6 Å². The van der Waals surface area contributed by atoms with E-state index in [1.54, 1.807) is 4.90 Å². The smallest absolute Gasteiger partial charge is 0.407 e. The number of hydrogen-bond donors (Lipinski definition) is 1. The van der Waals surface area contributed by atoms with E-state index in [1.807, 2.05) is 0 Å². The molecular weight excluding hydrogens is 330 g/mol. The SMILES string of the molecule is C=C(CC[C@H]1C[C@H]2CN(C(=O)O)CCN2C1=O)c1ccc(F)c(F)c1. The number of piperazine rings is 1. The Kier molecular flexibility index (Phi) is 4.74. The van der Waals surface area contributed by atoms with Crippen molar-refractivity contribution in [3.8, 4) is 0 Å². The van der Waals surface area contributed by atoms with Gasteiger partial charge in [-0.25, -0.2) is 13.6 Å². The van der Waals surface area contributed by atoms with Gasteiger partial charge >= 0.3 is 6.09 Å². The first-order chi connectivity index (χ1) is 11.9. The molecule has 3 rings (SSSR count). The molecule has 2 aliphatic rings. The molecule has 0 bridgehead atoms. The highest BCUT2D eigenvalue weighted by Gasteiger charge is 2.42. The molecule has 25 heavy (non-hydrogen) atoms. The number of fused-ring (bicyclic) bond motifs is 1. The lowest BCUT2D eigenvalue weighted by atomic mass is 9.94. The van der Waals surface area contributed by atoms with Gasteiger partial charge in [0.25, 0.3) is 0 Å². The van der Waals surface area contributed by atoms with Crippen LogP contribution in [0.4, 0.5) is 13.6 Å². The van der Waals surface area contributed by atoms with Gasteiger partial charge in [-0.2, -0.15) is 0 Å². The molecule has 5 nitrogen and oxygen atoms in total. The maximum atomic E-state index is 13.3. The molecule has 0 aromatic heterocycles. The number of carboxylic acid groups (broad SMARTS) is 1. The van der Waals surface area contributed by atoms with Crippen LogP contribution < -0.4 is 0 Å². The van der Waals surface area contributed by atoms with Crippen molar-refractivity contribution in [2.24, 2.45) is 5.92 Å². The van der Waals surface area contributed by atoms with Crippen LogP contribution in [0, 0.1) is 17.6 Å². The first kappa shape index (κ1) is 17.4. The molecule has 0 spiro atoms. The van der Waals surface area contributed by atoms with E-state index in [1.165, 1.54) is 11.0 Å². The van der Waals surface area contributed by atoms with Crippen molar-refractivity contribution in [1.82, 2.24) is 9.80 Å². The minimum Gasteiger partial charge on any atom is -0.465 e. The standard InChI is InChI=1S/C18H20F2N2O3/c1-11(12-4-5-15(19)16(20)9-12)2-3-13-8-14-10-21(18(24)25)6-7-22(14)17(13)23/h4-5,9,13-14H,1-3,6-8,10H2,(H,24,25)/t13-,14-/m0/s1. The van der Waals surface area contributed by atoms with Gasteiger partial charge in [0.15, 0.2) is 11.6 Å². The van der Waals surface area contributed by atoms with Crippen LogP contribution in [-0.2, 0) is 4.79 Å². The number of allylic oxidation sites excluding steroid dienone is 1. The van der Waals surface area contributed by atoms with Crippen molar-refractivity contribution < 1.29 is 23.5 Å². The maximum Gasteiger partial charge on any atom is 0.407 e. The van der Waals surface area contributed by atoms with Gasteiger partial charge < -0.3 is 14.9 Å². The monoisotopic (exact) mass is 350 g/mol. The summed E-state index contributed by atoms with van der Waals surface area (Å²) in [5, 5.41) is 9.09. The number of rotatable bonds is 4. The summed E-state index contributed by atoms with van der Waals surface area (Å²) in [4.78, 5) is 26.7. The molecule has 2 heterocycles. The summed E-state index contributed by atoms with van der Waals surface area (Å²) in [6.45, 7) is 5.02. The first-order valence-corrected chi connectivity index (χ1v) is 8.28. The van der Waals surface area contributed by atoms with Crippen molar-refractivity contribution in [3.63, 3.8) is 0 Å². The second kappa shape index (κ2) is 6.82. The fourth-order valence-electron chi connectivity index (χ4n) is 3.63. The molecule has 2 atom stereocenters. The number of carbonyl (C=O) groups is 2. The molecule has 2 aliphatic heterocycles. The molecule has 2 fully saturated rings. The van der Waals surface area contributed by atoms with Crippen molar-refractivity contribution >= 4 is 17.6 Å². The minimum atomic E-state index is -0.956. The van der Waals surface area contributed by atoms with Gasteiger partial charge in [-0.15, -0.1) is 0 Å². The van der Waals surface area contributed by atoms with E-state index >= 15 is 0 Å². The summed E-state index contributed by atoms with van der Waals surface area (Å²) in [6.07, 6.45) is 0.733. The predicted molar refractivity (Wildman–Crippen MR) is 87.8 cm³/mol. The van der Waals surface area contributed by atoms with E-state index in [9.17, 15) is 18.4 Å². The Morgan fingerprint density at radius 3 is 2.72 bits per heavy atom. The molecule has 2 amide bonds. The van der Waals surface area contributed by atoms with Gasteiger partial charge in [-0.3, -0.25) is 4.79 Å². The summed E-state index contributed by atoms with van der Waals surface area (Å²) in [5.74, 6) is -1.95. The Hall–Kier alpha value is -2.44. The fourth-order valence-corrected chi connectivity index (χ4v) is 3.63. The van der Waals surface area contributed by atoms with Gasteiger partial charge in [-0.1, -0.05) is 12.6 Å². The summed E-state index contributed by atoms with van der Waals surface area (Å²) in [7, 11) is 0. The van der Waals surface area contributed by atoms with Gasteiger partial charge in [0, 0.05) is 25.6 Å². The summed E-state index contributed by atoms with van der Waals surface area (Å²) >= 11 is 0. The predicted octanol–water partition coefficient (Wildman–Crippen LogP) is 2.97. The Morgan fingerprint density at radius 2 is 2.04 bits per heavy atom. The van der Waals surface area contributed by atoms with Crippen molar-refractivity contribution in [1.29, 1.82) is 0 Å². The third-order valence-corrected chi connectivity index (χ3v) is 5.06. The first-order valence-electron chi connectivity index (χ1n) is 8.28. The molecule has 1 aromatic carbocycles. The Bertz CT molecular complexity index is 722. The van der Waals surface area contributed by atoms with Crippen LogP contribution in [0.15, 0.2) is 24.8 Å². The van der Waals surface area contributed by atoms with E-state index in [-0.39, 0.29) is 17.9 Å². The lowest BCUT2D eigenvalue weighted by Crippen LogP contribution is -2.52. The fraction of sp³-hybridized carbons (Fsp3) is 0.444. The Balaban J connectivity index is 1.58. The van der Waals surface area contributed by atoms with E-state index in [2.05, 4.69) is 6.58 Å². The zero-order chi connectivity index (χ0) is 18.1. The third-order valence-electron chi connectivity index (χ3n) is 5.06. The average Bonchev–Trinajstić information content (AvgIpc) is 2.90. The topological polar surface area (TPSA) is 60.9 Å². The van der Waals surface area contributed by atoms with Crippen LogP contribution in [0.3, 0.4) is 0 Å². The van der Waals surface area contributed by atoms with Crippen LogP contribution in [0.2, 0.25) is 0 Å². The number of halogens is 2. The van der Waals surface area contributed by atoms with E-state index in [0.717, 1.165) is 12.1 Å². The van der Waals surface area contributed by atoms with Gasteiger partial charge in [0.05, 0.1) is 6.04 Å². The largest absolute Gasteiger partial charge is 0.465 e. The zero-order valence-electron chi connectivity index (χ0n) is 13.8. The minimum absolute atomic E-state index is 0.0492. The normalized spacial score (nSPS) is 22.9. The molecule has 0 aliphatic carbocycles. The summed E-state index contributed by atoms with van der Waals surface area (Å²) < 4.78 is 26.3. The van der Waals surface area contributed by atoms with Crippen molar-refractivity contribution in [3.05, 3.63) is 42.0 Å². The summed E-state index contributed by atoms with van der Waals surface area (Å²) in [5.41, 5.74) is 1.18. The molecular formula is C18H20F2N2O3.